The number of esters is 1. The Kier molecular flexibility index (Phi) is 9.55. The Balaban J connectivity index is 1.55. The summed E-state index contributed by atoms with van der Waals surface area (Å²) in [7, 11) is 2.94. The average molecular weight is 499 g/mol. The third kappa shape index (κ3) is 7.13. The zero-order valence-electron chi connectivity index (χ0n) is 21.2. The van der Waals surface area contributed by atoms with Crippen LogP contribution in [0.5, 0.6) is 17.2 Å². The second-order valence-corrected chi connectivity index (χ2v) is 8.83. The zero-order chi connectivity index (χ0) is 26.1. The molecule has 2 aromatic carbocycles. The molecule has 0 saturated heterocycles. The van der Waals surface area contributed by atoms with E-state index in [1.54, 1.807) is 31.2 Å². The van der Waals surface area contributed by atoms with E-state index in [0.717, 1.165) is 19.3 Å². The Bertz CT molecular complexity index is 1070. The van der Waals surface area contributed by atoms with E-state index in [1.165, 1.54) is 38.8 Å². The van der Waals surface area contributed by atoms with Gasteiger partial charge in [-0.05, 0) is 56.0 Å². The largest absolute Gasteiger partial charge is 0.495 e. The standard InChI is InChI=1S/C27H34N2O7/c1-17-9-5-6-10-20(17)29-26(31)18(2)36-27(32)19-13-14-23(24(15-19)34-4)35-16-25(30)28-21-11-7-8-12-22(21)33-3/h7-8,11-15,17-18,20H,5-6,9-10,16H2,1-4H3,(H,28,30)(H,29,31). The van der Waals surface area contributed by atoms with E-state index >= 15 is 0 Å². The van der Waals surface area contributed by atoms with Crippen LogP contribution in [0.25, 0.3) is 0 Å². The lowest BCUT2D eigenvalue weighted by molar-refractivity contribution is -0.130. The first-order valence-corrected chi connectivity index (χ1v) is 12.1. The number of nitrogens with one attached hydrogen (secondary N) is 2. The summed E-state index contributed by atoms with van der Waals surface area (Å²) in [5.41, 5.74) is 0.720. The van der Waals surface area contributed by atoms with Crippen molar-refractivity contribution < 1.29 is 33.3 Å². The molecule has 1 fully saturated rings. The number of amides is 2. The van der Waals surface area contributed by atoms with Crippen molar-refractivity contribution in [3.63, 3.8) is 0 Å². The van der Waals surface area contributed by atoms with Crippen LogP contribution in [0.4, 0.5) is 5.69 Å². The molecule has 9 heteroatoms. The summed E-state index contributed by atoms with van der Waals surface area (Å²) in [5, 5.41) is 5.72. The first kappa shape index (κ1) is 26.8. The smallest absolute Gasteiger partial charge is 0.339 e. The van der Waals surface area contributed by atoms with Crippen molar-refractivity contribution in [2.45, 2.75) is 51.7 Å². The van der Waals surface area contributed by atoms with Crippen molar-refractivity contribution in [3.05, 3.63) is 48.0 Å². The van der Waals surface area contributed by atoms with Gasteiger partial charge in [0.15, 0.2) is 24.2 Å². The predicted octanol–water partition coefficient (Wildman–Crippen LogP) is 3.96. The van der Waals surface area contributed by atoms with Gasteiger partial charge in [0.05, 0.1) is 25.5 Å². The normalized spacial score (nSPS) is 17.9. The molecule has 194 valence electrons. The molecule has 0 radical (unpaired) electrons. The highest BCUT2D eigenvalue weighted by molar-refractivity contribution is 5.94. The summed E-state index contributed by atoms with van der Waals surface area (Å²) in [6.07, 6.45) is 3.33. The van der Waals surface area contributed by atoms with Gasteiger partial charge in [-0.25, -0.2) is 4.79 Å². The molecule has 1 aliphatic carbocycles. The van der Waals surface area contributed by atoms with E-state index in [2.05, 4.69) is 17.6 Å². The minimum absolute atomic E-state index is 0.101. The Morgan fingerprint density at radius 3 is 2.42 bits per heavy atom. The van der Waals surface area contributed by atoms with Crippen LogP contribution < -0.4 is 24.8 Å². The summed E-state index contributed by atoms with van der Waals surface area (Å²) >= 11 is 0. The number of para-hydroxylation sites is 2. The maximum Gasteiger partial charge on any atom is 0.339 e. The van der Waals surface area contributed by atoms with Gasteiger partial charge in [0, 0.05) is 6.04 Å². The fourth-order valence-corrected chi connectivity index (χ4v) is 4.10. The van der Waals surface area contributed by atoms with Gasteiger partial charge in [-0.1, -0.05) is 31.9 Å². The highest BCUT2D eigenvalue weighted by atomic mass is 16.5. The van der Waals surface area contributed by atoms with Crippen molar-refractivity contribution in [3.8, 4) is 17.2 Å². The minimum Gasteiger partial charge on any atom is -0.495 e. The molecule has 0 spiro atoms. The number of hydrogen-bond donors (Lipinski definition) is 2. The highest BCUT2D eigenvalue weighted by Crippen LogP contribution is 2.29. The van der Waals surface area contributed by atoms with Crippen LogP contribution in [0.3, 0.4) is 0 Å². The van der Waals surface area contributed by atoms with Gasteiger partial charge in [-0.15, -0.1) is 0 Å². The van der Waals surface area contributed by atoms with Crippen molar-refractivity contribution >= 4 is 23.5 Å². The van der Waals surface area contributed by atoms with Gasteiger partial charge in [-0.2, -0.15) is 0 Å². The fraction of sp³-hybridized carbons (Fsp3) is 0.444. The maximum absolute atomic E-state index is 12.7. The topological polar surface area (TPSA) is 112 Å². The van der Waals surface area contributed by atoms with Crippen LogP contribution in [0, 0.1) is 5.92 Å². The zero-order valence-corrected chi connectivity index (χ0v) is 21.2. The molecule has 2 N–H and O–H groups in total. The molecular formula is C27H34N2O7. The Labute approximate surface area is 211 Å². The van der Waals surface area contributed by atoms with Crippen molar-refractivity contribution in [1.82, 2.24) is 5.32 Å². The van der Waals surface area contributed by atoms with E-state index in [9.17, 15) is 14.4 Å². The predicted molar refractivity (Wildman–Crippen MR) is 135 cm³/mol. The molecule has 0 bridgehead atoms. The van der Waals surface area contributed by atoms with E-state index in [4.69, 9.17) is 18.9 Å². The third-order valence-corrected chi connectivity index (χ3v) is 6.23. The highest BCUT2D eigenvalue weighted by Gasteiger charge is 2.27. The number of benzene rings is 2. The van der Waals surface area contributed by atoms with Gasteiger partial charge in [0.2, 0.25) is 0 Å². The lowest BCUT2D eigenvalue weighted by Gasteiger charge is -2.30. The second kappa shape index (κ2) is 12.8. The van der Waals surface area contributed by atoms with E-state index < -0.39 is 18.0 Å². The Morgan fingerprint density at radius 1 is 0.972 bits per heavy atom. The summed E-state index contributed by atoms with van der Waals surface area (Å²) < 4.78 is 21.5. The molecule has 3 rings (SSSR count). The van der Waals surface area contributed by atoms with Crippen molar-refractivity contribution in [2.75, 3.05) is 26.1 Å². The monoisotopic (exact) mass is 498 g/mol. The summed E-state index contributed by atoms with van der Waals surface area (Å²) in [5.74, 6) is 0.103. The Hall–Kier alpha value is -3.75. The van der Waals surface area contributed by atoms with Crippen LogP contribution >= 0.6 is 0 Å². The molecule has 1 aliphatic rings. The molecule has 3 unspecified atom stereocenters. The summed E-state index contributed by atoms with van der Waals surface area (Å²) in [4.78, 5) is 37.5. The molecule has 0 heterocycles. The summed E-state index contributed by atoms with van der Waals surface area (Å²) in [6, 6.07) is 11.6. The van der Waals surface area contributed by atoms with Gasteiger partial charge in [0.1, 0.15) is 5.75 Å². The molecule has 3 atom stereocenters. The van der Waals surface area contributed by atoms with Gasteiger partial charge in [-0.3, -0.25) is 9.59 Å². The lowest BCUT2D eigenvalue weighted by atomic mass is 9.86. The maximum atomic E-state index is 12.7. The average Bonchev–Trinajstić information content (AvgIpc) is 2.88. The molecule has 0 aromatic heterocycles. The Morgan fingerprint density at radius 2 is 1.69 bits per heavy atom. The number of anilines is 1. The lowest BCUT2D eigenvalue weighted by Crippen LogP contribution is -2.45. The molecule has 2 amide bonds. The van der Waals surface area contributed by atoms with Crippen LogP contribution in [0.15, 0.2) is 42.5 Å². The first-order chi connectivity index (χ1) is 17.3. The number of rotatable bonds is 10. The quantitative estimate of drug-likeness (QED) is 0.477. The third-order valence-electron chi connectivity index (χ3n) is 6.23. The number of hydrogen-bond acceptors (Lipinski definition) is 7. The van der Waals surface area contributed by atoms with Crippen LogP contribution in [-0.2, 0) is 14.3 Å². The number of carbonyl (C=O) groups excluding carboxylic acids is 3. The molecule has 2 aromatic rings. The summed E-state index contributed by atoms with van der Waals surface area (Å²) in [6.45, 7) is 3.39. The van der Waals surface area contributed by atoms with Crippen LogP contribution in [0.1, 0.15) is 49.9 Å². The van der Waals surface area contributed by atoms with E-state index in [0.29, 0.717) is 17.4 Å². The van der Waals surface area contributed by atoms with Crippen molar-refractivity contribution in [1.29, 1.82) is 0 Å². The molecule has 0 aliphatic heterocycles. The van der Waals surface area contributed by atoms with Crippen LogP contribution in [-0.4, -0.2) is 50.8 Å². The first-order valence-electron chi connectivity index (χ1n) is 12.1. The SMILES string of the molecule is COc1ccccc1NC(=O)COc1ccc(C(=O)OC(C)C(=O)NC2CCCCC2C)cc1OC. The van der Waals surface area contributed by atoms with Gasteiger partial charge in [0.25, 0.3) is 11.8 Å². The molecular weight excluding hydrogens is 464 g/mol. The molecule has 1 saturated carbocycles. The molecule has 36 heavy (non-hydrogen) atoms. The van der Waals surface area contributed by atoms with E-state index in [1.807, 2.05) is 0 Å². The number of carbonyl (C=O) groups is 3. The molecule has 9 nitrogen and oxygen atoms in total. The number of methoxy groups -OCH3 is 2. The van der Waals surface area contributed by atoms with Crippen LogP contribution in [0.2, 0.25) is 0 Å². The van der Waals surface area contributed by atoms with Crippen molar-refractivity contribution in [2.24, 2.45) is 5.92 Å². The fourth-order valence-electron chi connectivity index (χ4n) is 4.10. The minimum atomic E-state index is -0.938. The number of ether oxygens (including phenoxy) is 4. The van der Waals surface area contributed by atoms with E-state index in [-0.39, 0.29) is 35.6 Å². The van der Waals surface area contributed by atoms with Gasteiger partial charge >= 0.3 is 5.97 Å². The van der Waals surface area contributed by atoms with Gasteiger partial charge < -0.3 is 29.6 Å². The second-order valence-electron chi connectivity index (χ2n) is 8.83.